The molecule has 0 aromatic carbocycles. The Bertz CT molecular complexity index is 453. The van der Waals surface area contributed by atoms with Gasteiger partial charge in [-0.25, -0.2) is 9.78 Å². The number of rotatable bonds is 6. The van der Waals surface area contributed by atoms with Crippen molar-refractivity contribution >= 4 is 12.0 Å². The number of unbranched alkanes of at least 4 members (excludes halogenated alkanes) is 1. The molecule has 0 saturated carbocycles. The fourth-order valence-corrected chi connectivity index (χ4v) is 2.48. The van der Waals surface area contributed by atoms with Gasteiger partial charge in [0.25, 0.3) is 0 Å². The lowest BCUT2D eigenvalue weighted by Crippen LogP contribution is -2.45. The number of nitrogens with one attached hydrogen (secondary N) is 1. The maximum atomic E-state index is 11.9. The first-order chi connectivity index (χ1) is 10.2. The molecule has 0 bridgehead atoms. The quantitative estimate of drug-likeness (QED) is 0.771. The Kier molecular flexibility index (Phi) is 5.59. The first-order valence-corrected chi connectivity index (χ1v) is 7.38. The van der Waals surface area contributed by atoms with Gasteiger partial charge in [-0.3, -0.25) is 4.79 Å². The van der Waals surface area contributed by atoms with E-state index in [1.807, 2.05) is 10.8 Å². The first kappa shape index (κ1) is 15.3. The maximum Gasteiger partial charge on any atom is 0.317 e. The Morgan fingerprint density at radius 1 is 1.29 bits per heavy atom. The maximum absolute atomic E-state index is 11.9. The Labute approximate surface area is 124 Å². The molecule has 21 heavy (non-hydrogen) atoms. The molecular weight excluding hydrogens is 272 g/mol. The van der Waals surface area contributed by atoms with Crippen molar-refractivity contribution in [3.8, 4) is 0 Å². The van der Waals surface area contributed by atoms with Gasteiger partial charge in [-0.1, -0.05) is 0 Å². The second-order valence-electron chi connectivity index (χ2n) is 5.34. The highest BCUT2D eigenvalue weighted by Gasteiger charge is 2.26. The summed E-state index contributed by atoms with van der Waals surface area (Å²) in [6.07, 6.45) is 8.44. The monoisotopic (exact) mass is 294 g/mol. The lowest BCUT2D eigenvalue weighted by Gasteiger charge is -2.30. The summed E-state index contributed by atoms with van der Waals surface area (Å²) in [4.78, 5) is 28.4. The molecule has 2 N–H and O–H groups in total. The van der Waals surface area contributed by atoms with Gasteiger partial charge in [0, 0.05) is 38.6 Å². The highest BCUT2D eigenvalue weighted by Crippen LogP contribution is 2.17. The molecule has 2 rings (SSSR count). The molecule has 7 nitrogen and oxygen atoms in total. The largest absolute Gasteiger partial charge is 0.481 e. The number of carbonyl (C=O) groups is 2. The van der Waals surface area contributed by atoms with Crippen molar-refractivity contribution in [1.29, 1.82) is 0 Å². The summed E-state index contributed by atoms with van der Waals surface area (Å²) in [5.41, 5.74) is 0. The molecule has 0 unspecified atom stereocenters. The molecule has 116 valence electrons. The molecule has 1 saturated heterocycles. The van der Waals surface area contributed by atoms with Crippen molar-refractivity contribution in [1.82, 2.24) is 19.8 Å². The number of urea groups is 1. The van der Waals surface area contributed by atoms with Crippen LogP contribution in [0.5, 0.6) is 0 Å². The molecule has 0 radical (unpaired) electrons. The average molecular weight is 294 g/mol. The van der Waals surface area contributed by atoms with Gasteiger partial charge in [0.05, 0.1) is 12.2 Å². The Morgan fingerprint density at radius 3 is 2.67 bits per heavy atom. The van der Waals surface area contributed by atoms with Gasteiger partial charge in [0.1, 0.15) is 0 Å². The number of hydrogen-bond acceptors (Lipinski definition) is 3. The van der Waals surface area contributed by atoms with Crippen LogP contribution in [0.3, 0.4) is 0 Å². The second-order valence-corrected chi connectivity index (χ2v) is 5.34. The molecular formula is C14H22N4O3. The number of aromatic nitrogens is 2. The number of nitrogens with zero attached hydrogens (tertiary/aromatic N) is 3. The van der Waals surface area contributed by atoms with E-state index >= 15 is 0 Å². The number of piperidine rings is 1. The number of carboxylic acids is 1. The number of hydrogen-bond donors (Lipinski definition) is 2. The number of likely N-dealkylation sites (tertiary alicyclic amines) is 1. The predicted molar refractivity (Wildman–Crippen MR) is 76.8 cm³/mol. The van der Waals surface area contributed by atoms with E-state index < -0.39 is 5.97 Å². The zero-order valence-corrected chi connectivity index (χ0v) is 12.1. The SMILES string of the molecule is O=C(O)C1CCN(C(=O)NCCCCn2ccnc2)CC1. The van der Waals surface area contributed by atoms with E-state index in [2.05, 4.69) is 10.3 Å². The summed E-state index contributed by atoms with van der Waals surface area (Å²) in [6.45, 7) is 2.60. The van der Waals surface area contributed by atoms with Crippen LogP contribution in [0.2, 0.25) is 0 Å². The fraction of sp³-hybridized carbons (Fsp3) is 0.643. The highest BCUT2D eigenvalue weighted by atomic mass is 16.4. The van der Waals surface area contributed by atoms with E-state index in [1.54, 1.807) is 17.4 Å². The molecule has 1 fully saturated rings. The zero-order valence-electron chi connectivity index (χ0n) is 12.1. The van der Waals surface area contributed by atoms with Gasteiger partial charge >= 0.3 is 12.0 Å². The van der Waals surface area contributed by atoms with Crippen molar-refractivity contribution in [2.24, 2.45) is 5.92 Å². The predicted octanol–water partition coefficient (Wildman–Crippen LogP) is 1.17. The summed E-state index contributed by atoms with van der Waals surface area (Å²) in [5, 5.41) is 11.8. The normalized spacial score (nSPS) is 15.9. The van der Waals surface area contributed by atoms with E-state index in [-0.39, 0.29) is 11.9 Å². The summed E-state index contributed by atoms with van der Waals surface area (Å²) < 4.78 is 2.01. The van der Waals surface area contributed by atoms with Crippen molar-refractivity contribution in [2.45, 2.75) is 32.2 Å². The summed E-state index contributed by atoms with van der Waals surface area (Å²) in [7, 11) is 0. The fourth-order valence-electron chi connectivity index (χ4n) is 2.48. The number of aliphatic carboxylic acids is 1. The van der Waals surface area contributed by atoms with Gasteiger partial charge < -0.3 is 19.9 Å². The van der Waals surface area contributed by atoms with E-state index in [9.17, 15) is 9.59 Å². The van der Waals surface area contributed by atoms with Gasteiger partial charge in [-0.05, 0) is 25.7 Å². The molecule has 0 atom stereocenters. The average Bonchev–Trinajstić information content (AvgIpc) is 3.00. The van der Waals surface area contributed by atoms with Crippen LogP contribution in [0, 0.1) is 5.92 Å². The number of imidazole rings is 1. The molecule has 2 amide bonds. The van der Waals surface area contributed by atoms with Crippen LogP contribution >= 0.6 is 0 Å². The van der Waals surface area contributed by atoms with E-state index in [0.717, 1.165) is 19.4 Å². The van der Waals surface area contributed by atoms with Crippen LogP contribution in [-0.2, 0) is 11.3 Å². The van der Waals surface area contributed by atoms with Crippen LogP contribution in [0.4, 0.5) is 4.79 Å². The number of carbonyl (C=O) groups excluding carboxylic acids is 1. The third-order valence-electron chi connectivity index (χ3n) is 3.81. The Balaban J connectivity index is 1.56. The Morgan fingerprint density at radius 2 is 2.05 bits per heavy atom. The molecule has 1 aliphatic rings. The second kappa shape index (κ2) is 7.66. The lowest BCUT2D eigenvalue weighted by molar-refractivity contribution is -0.143. The number of amides is 2. The highest BCUT2D eigenvalue weighted by molar-refractivity contribution is 5.75. The van der Waals surface area contributed by atoms with Crippen molar-refractivity contribution in [3.63, 3.8) is 0 Å². The van der Waals surface area contributed by atoms with E-state index in [4.69, 9.17) is 5.11 Å². The number of aryl methyl sites for hydroxylation is 1. The minimum absolute atomic E-state index is 0.0820. The van der Waals surface area contributed by atoms with Crippen LogP contribution in [0.25, 0.3) is 0 Å². The van der Waals surface area contributed by atoms with Crippen molar-refractivity contribution in [2.75, 3.05) is 19.6 Å². The summed E-state index contributed by atoms with van der Waals surface area (Å²) >= 11 is 0. The topological polar surface area (TPSA) is 87.5 Å². The summed E-state index contributed by atoms with van der Waals surface area (Å²) in [5.74, 6) is -1.06. The van der Waals surface area contributed by atoms with Gasteiger partial charge in [0.2, 0.25) is 0 Å². The first-order valence-electron chi connectivity index (χ1n) is 7.38. The van der Waals surface area contributed by atoms with Crippen LogP contribution < -0.4 is 5.32 Å². The van der Waals surface area contributed by atoms with Gasteiger partial charge in [-0.2, -0.15) is 0 Å². The zero-order chi connectivity index (χ0) is 15.1. The van der Waals surface area contributed by atoms with E-state index in [0.29, 0.717) is 32.5 Å². The van der Waals surface area contributed by atoms with Crippen LogP contribution in [-0.4, -0.2) is 51.2 Å². The third-order valence-corrected chi connectivity index (χ3v) is 3.81. The third kappa shape index (κ3) is 4.77. The molecule has 1 aliphatic heterocycles. The van der Waals surface area contributed by atoms with Crippen molar-refractivity contribution < 1.29 is 14.7 Å². The lowest BCUT2D eigenvalue weighted by atomic mass is 9.97. The Hall–Kier alpha value is -2.05. The molecule has 0 spiro atoms. The molecule has 1 aromatic rings. The molecule has 2 heterocycles. The number of carboxylic acid groups (broad SMARTS) is 1. The molecule has 0 aliphatic carbocycles. The van der Waals surface area contributed by atoms with E-state index in [1.165, 1.54) is 0 Å². The minimum atomic E-state index is -0.755. The van der Waals surface area contributed by atoms with Gasteiger partial charge in [0.15, 0.2) is 0 Å². The van der Waals surface area contributed by atoms with Crippen LogP contribution in [0.1, 0.15) is 25.7 Å². The van der Waals surface area contributed by atoms with Crippen LogP contribution in [0.15, 0.2) is 18.7 Å². The standard InChI is InChI=1S/C14H22N4O3/c19-13(20)12-3-8-18(9-4-12)14(21)16-5-1-2-7-17-10-6-15-11-17/h6,10-12H,1-5,7-9H2,(H,16,21)(H,19,20). The molecule has 7 heteroatoms. The van der Waals surface area contributed by atoms with Gasteiger partial charge in [-0.15, -0.1) is 0 Å². The molecule has 1 aromatic heterocycles. The minimum Gasteiger partial charge on any atom is -0.481 e. The smallest absolute Gasteiger partial charge is 0.317 e. The van der Waals surface area contributed by atoms with Crippen molar-refractivity contribution in [3.05, 3.63) is 18.7 Å². The summed E-state index contributed by atoms with van der Waals surface area (Å²) in [6, 6.07) is -0.0820.